The van der Waals surface area contributed by atoms with E-state index in [-0.39, 0.29) is 17.0 Å². The van der Waals surface area contributed by atoms with Crippen molar-refractivity contribution in [3.63, 3.8) is 0 Å². The third-order valence-electron chi connectivity index (χ3n) is 5.15. The van der Waals surface area contributed by atoms with Crippen LogP contribution in [0.1, 0.15) is 29.2 Å². The maximum Gasteiger partial charge on any atom is 0.341 e. The van der Waals surface area contributed by atoms with Gasteiger partial charge in [-0.05, 0) is 18.9 Å². The molecule has 3 N–H and O–H groups in total. The third kappa shape index (κ3) is 3.08. The van der Waals surface area contributed by atoms with Gasteiger partial charge in [0.05, 0.1) is 23.7 Å². The largest absolute Gasteiger partial charge is 0.477 e. The van der Waals surface area contributed by atoms with E-state index in [4.69, 9.17) is 11.0 Å². The monoisotopic (exact) mass is 368 g/mol. The molecule has 0 amide bonds. The van der Waals surface area contributed by atoms with E-state index in [0.29, 0.717) is 36.8 Å². The summed E-state index contributed by atoms with van der Waals surface area (Å²) >= 11 is 0. The van der Waals surface area contributed by atoms with Gasteiger partial charge in [-0.2, -0.15) is 5.26 Å². The number of nitrogens with two attached hydrogens (primary N) is 1. The maximum atomic E-state index is 12.6. The van der Waals surface area contributed by atoms with Crippen LogP contribution in [-0.2, 0) is 0 Å². The fourth-order valence-electron chi connectivity index (χ4n) is 3.53. The van der Waals surface area contributed by atoms with Crippen LogP contribution in [0.15, 0.2) is 17.1 Å². The predicted molar refractivity (Wildman–Crippen MR) is 99.9 cm³/mol. The van der Waals surface area contributed by atoms with Crippen LogP contribution in [0.5, 0.6) is 0 Å². The molecule has 0 unspecified atom stereocenters. The molecule has 0 radical (unpaired) electrons. The Morgan fingerprint density at radius 1 is 1.33 bits per heavy atom. The number of hydrogen-bond donors (Lipinski definition) is 2. The van der Waals surface area contributed by atoms with Crippen molar-refractivity contribution >= 4 is 28.5 Å². The molecule has 1 aliphatic heterocycles. The highest BCUT2D eigenvalue weighted by Gasteiger charge is 2.29. The van der Waals surface area contributed by atoms with Gasteiger partial charge in [-0.1, -0.05) is 0 Å². The number of aromatic carboxylic acids is 1. The van der Waals surface area contributed by atoms with Crippen LogP contribution >= 0.6 is 0 Å². The molecular formula is C18H20N6O3. The topological polar surface area (TPSA) is 128 Å². The molecule has 0 aromatic carbocycles. The summed E-state index contributed by atoms with van der Waals surface area (Å²) in [5, 5.41) is 18.4. The number of carboxylic acids is 1. The Bertz CT molecular complexity index is 1010. The zero-order valence-electron chi connectivity index (χ0n) is 14.8. The Morgan fingerprint density at radius 3 is 2.63 bits per heavy atom. The molecule has 1 aliphatic carbocycles. The molecular weight excluding hydrogens is 348 g/mol. The number of anilines is 2. The van der Waals surface area contributed by atoms with Crippen LogP contribution in [-0.4, -0.2) is 58.3 Å². The lowest BCUT2D eigenvalue weighted by Crippen LogP contribution is -2.47. The van der Waals surface area contributed by atoms with Crippen molar-refractivity contribution in [1.82, 2.24) is 14.5 Å². The fourth-order valence-corrected chi connectivity index (χ4v) is 3.53. The Hall–Kier alpha value is -3.12. The van der Waals surface area contributed by atoms with Crippen LogP contribution in [0.2, 0.25) is 0 Å². The van der Waals surface area contributed by atoms with Gasteiger partial charge in [0, 0.05) is 38.4 Å². The molecule has 4 rings (SSSR count). The number of nitriles is 1. The lowest BCUT2D eigenvalue weighted by Gasteiger charge is -2.34. The quantitative estimate of drug-likeness (QED) is 0.753. The summed E-state index contributed by atoms with van der Waals surface area (Å²) in [4.78, 5) is 32.8. The second-order valence-electron chi connectivity index (χ2n) is 7.01. The SMILES string of the molecule is N#CCN1CCN(c2nc3c(cc2N)c(=O)c(C(=O)O)cn3C2CC2)CC1. The number of piperazine rings is 1. The summed E-state index contributed by atoms with van der Waals surface area (Å²) in [6, 6.07) is 3.87. The second kappa shape index (κ2) is 6.55. The van der Waals surface area contributed by atoms with Gasteiger partial charge < -0.3 is 20.3 Å². The number of aromatic nitrogens is 2. The summed E-state index contributed by atoms with van der Waals surface area (Å²) < 4.78 is 1.80. The number of pyridine rings is 2. The predicted octanol–water partition coefficient (Wildman–Crippen LogP) is 0.657. The van der Waals surface area contributed by atoms with Gasteiger partial charge in [0.2, 0.25) is 5.43 Å². The first kappa shape index (κ1) is 17.3. The van der Waals surface area contributed by atoms with Crippen molar-refractivity contribution < 1.29 is 9.90 Å². The minimum absolute atomic E-state index is 0.169. The van der Waals surface area contributed by atoms with Gasteiger partial charge in [-0.3, -0.25) is 9.69 Å². The first-order valence-electron chi connectivity index (χ1n) is 8.92. The molecule has 2 fully saturated rings. The van der Waals surface area contributed by atoms with E-state index in [1.165, 1.54) is 6.20 Å². The fraction of sp³-hybridized carbons (Fsp3) is 0.444. The van der Waals surface area contributed by atoms with E-state index in [9.17, 15) is 14.7 Å². The Labute approximate surface area is 155 Å². The van der Waals surface area contributed by atoms with Crippen molar-refractivity contribution in [2.45, 2.75) is 18.9 Å². The average Bonchev–Trinajstić information content (AvgIpc) is 3.48. The molecule has 1 saturated carbocycles. The van der Waals surface area contributed by atoms with E-state index in [0.717, 1.165) is 25.9 Å². The first-order valence-corrected chi connectivity index (χ1v) is 8.92. The van der Waals surface area contributed by atoms with Crippen molar-refractivity contribution in [3.8, 4) is 6.07 Å². The van der Waals surface area contributed by atoms with Crippen LogP contribution in [0, 0.1) is 11.3 Å². The number of carbonyl (C=O) groups is 1. The summed E-state index contributed by atoms with van der Waals surface area (Å²) in [7, 11) is 0. The van der Waals surface area contributed by atoms with E-state index >= 15 is 0 Å². The first-order chi connectivity index (χ1) is 13.0. The van der Waals surface area contributed by atoms with Crippen molar-refractivity contribution in [3.05, 3.63) is 28.0 Å². The molecule has 2 aromatic heterocycles. The minimum Gasteiger partial charge on any atom is -0.477 e. The molecule has 0 atom stereocenters. The van der Waals surface area contributed by atoms with Crippen LogP contribution in [0.3, 0.4) is 0 Å². The third-order valence-corrected chi connectivity index (χ3v) is 5.15. The number of fused-ring (bicyclic) bond motifs is 1. The molecule has 0 bridgehead atoms. The number of hydrogen-bond acceptors (Lipinski definition) is 7. The van der Waals surface area contributed by atoms with Crippen LogP contribution in [0.25, 0.3) is 11.0 Å². The van der Waals surface area contributed by atoms with E-state index < -0.39 is 11.4 Å². The summed E-state index contributed by atoms with van der Waals surface area (Å²) in [6.07, 6.45) is 3.28. The molecule has 9 heteroatoms. The van der Waals surface area contributed by atoms with Crippen molar-refractivity contribution in [1.29, 1.82) is 5.26 Å². The zero-order chi connectivity index (χ0) is 19.1. The number of rotatable bonds is 4. The van der Waals surface area contributed by atoms with Crippen molar-refractivity contribution in [2.24, 2.45) is 0 Å². The van der Waals surface area contributed by atoms with Gasteiger partial charge >= 0.3 is 5.97 Å². The Balaban J connectivity index is 1.78. The van der Waals surface area contributed by atoms with Crippen molar-refractivity contribution in [2.75, 3.05) is 43.4 Å². The highest BCUT2D eigenvalue weighted by Crippen LogP contribution is 2.37. The Morgan fingerprint density at radius 2 is 2.04 bits per heavy atom. The van der Waals surface area contributed by atoms with E-state index in [1.807, 2.05) is 0 Å². The molecule has 3 heterocycles. The summed E-state index contributed by atoms with van der Waals surface area (Å²) in [5.41, 5.74) is 6.21. The van der Waals surface area contributed by atoms with Gasteiger partial charge in [-0.25, -0.2) is 9.78 Å². The maximum absolute atomic E-state index is 12.6. The molecule has 1 saturated heterocycles. The molecule has 140 valence electrons. The number of carboxylic acid groups (broad SMARTS) is 1. The van der Waals surface area contributed by atoms with Gasteiger partial charge in [0.1, 0.15) is 11.2 Å². The van der Waals surface area contributed by atoms with Crippen LogP contribution in [0.4, 0.5) is 11.5 Å². The number of nitrogen functional groups attached to an aromatic ring is 1. The summed E-state index contributed by atoms with van der Waals surface area (Å²) in [6.45, 7) is 3.24. The molecule has 9 nitrogen and oxygen atoms in total. The second-order valence-corrected chi connectivity index (χ2v) is 7.01. The Kier molecular flexibility index (Phi) is 4.20. The molecule has 0 spiro atoms. The van der Waals surface area contributed by atoms with Gasteiger partial charge in [0.15, 0.2) is 5.82 Å². The normalized spacial score (nSPS) is 17.8. The summed E-state index contributed by atoms with van der Waals surface area (Å²) in [5.74, 6) is -0.636. The van der Waals surface area contributed by atoms with Crippen LogP contribution < -0.4 is 16.1 Å². The average molecular weight is 368 g/mol. The lowest BCUT2D eigenvalue weighted by atomic mass is 10.1. The molecule has 2 aliphatic rings. The highest BCUT2D eigenvalue weighted by atomic mass is 16.4. The van der Waals surface area contributed by atoms with E-state index in [2.05, 4.69) is 20.9 Å². The molecule has 2 aromatic rings. The minimum atomic E-state index is -1.24. The van der Waals surface area contributed by atoms with Gasteiger partial charge in [0.25, 0.3) is 0 Å². The lowest BCUT2D eigenvalue weighted by molar-refractivity contribution is 0.0695. The van der Waals surface area contributed by atoms with Gasteiger partial charge in [-0.15, -0.1) is 0 Å². The zero-order valence-corrected chi connectivity index (χ0v) is 14.8. The van der Waals surface area contributed by atoms with E-state index in [1.54, 1.807) is 10.6 Å². The molecule has 27 heavy (non-hydrogen) atoms. The highest BCUT2D eigenvalue weighted by molar-refractivity contribution is 5.93. The number of nitrogens with zero attached hydrogens (tertiary/aromatic N) is 5. The standard InChI is InChI=1S/C18H20N6O3/c19-3-4-22-5-7-23(8-6-22)17-14(20)9-12-15(25)13(18(26)27)10-24(11-1-2-11)16(12)21-17/h9-11H,1-2,4-8,20H2,(H,26,27). The smallest absolute Gasteiger partial charge is 0.341 e.